The molecule has 1 unspecified atom stereocenters. The van der Waals surface area contributed by atoms with E-state index < -0.39 is 17.8 Å². The van der Waals surface area contributed by atoms with Gasteiger partial charge in [-0.15, -0.1) is 0 Å². The van der Waals surface area contributed by atoms with Crippen LogP contribution in [0.1, 0.15) is 75.6 Å². The van der Waals surface area contributed by atoms with Crippen LogP contribution in [0.15, 0.2) is 24.3 Å². The second kappa shape index (κ2) is 8.91. The average molecular weight is 418 g/mol. The first-order valence-electron chi connectivity index (χ1n) is 11.0. The highest BCUT2D eigenvalue weighted by molar-refractivity contribution is 5.80. The molecular weight excluding hydrogens is 389 g/mol. The van der Waals surface area contributed by atoms with Crippen molar-refractivity contribution in [1.29, 1.82) is 0 Å². The van der Waals surface area contributed by atoms with Crippen molar-refractivity contribution in [2.75, 3.05) is 7.11 Å². The molecule has 2 aromatic rings. The summed E-state index contributed by atoms with van der Waals surface area (Å²) in [5.74, 6) is -0.756. The van der Waals surface area contributed by atoms with Gasteiger partial charge in [0.25, 0.3) is 0 Å². The maximum Gasteiger partial charge on any atom is 0.172 e. The van der Waals surface area contributed by atoms with Gasteiger partial charge in [0.2, 0.25) is 0 Å². The number of methoxy groups -OCH3 is 1. The molecule has 0 heterocycles. The standard InChI is InChI=1S/C25H29F3O2/c1-3-4-5-6-15-7-9-16(10-8-15)30-20-14-12-18-17-11-13-19(29-2)23(26)21(17)25(28)22(18)24(20)27/h11-16,25H,3-10H2,1-2H3. The van der Waals surface area contributed by atoms with E-state index in [1.165, 1.54) is 38.9 Å². The zero-order valence-corrected chi connectivity index (χ0v) is 17.6. The first-order valence-corrected chi connectivity index (χ1v) is 11.0. The van der Waals surface area contributed by atoms with Crippen LogP contribution in [0.4, 0.5) is 13.2 Å². The van der Waals surface area contributed by atoms with Crippen molar-refractivity contribution in [3.05, 3.63) is 47.0 Å². The van der Waals surface area contributed by atoms with Crippen molar-refractivity contribution in [3.63, 3.8) is 0 Å². The Balaban J connectivity index is 1.49. The minimum atomic E-state index is -1.87. The maximum absolute atomic E-state index is 15.2. The van der Waals surface area contributed by atoms with E-state index in [0.717, 1.165) is 31.6 Å². The lowest BCUT2D eigenvalue weighted by atomic mass is 9.84. The third-order valence-electron chi connectivity index (χ3n) is 6.61. The van der Waals surface area contributed by atoms with E-state index in [9.17, 15) is 4.39 Å². The molecular formula is C25H29F3O2. The Morgan fingerprint density at radius 1 is 0.867 bits per heavy atom. The Kier molecular flexibility index (Phi) is 6.26. The predicted molar refractivity (Wildman–Crippen MR) is 112 cm³/mol. The summed E-state index contributed by atoms with van der Waals surface area (Å²) >= 11 is 0. The van der Waals surface area contributed by atoms with E-state index in [1.807, 2.05) is 0 Å². The lowest BCUT2D eigenvalue weighted by Crippen LogP contribution is -2.24. The van der Waals surface area contributed by atoms with Crippen LogP contribution in [0.5, 0.6) is 11.5 Å². The molecule has 1 atom stereocenters. The lowest BCUT2D eigenvalue weighted by Gasteiger charge is -2.29. The monoisotopic (exact) mass is 418 g/mol. The largest absolute Gasteiger partial charge is 0.494 e. The van der Waals surface area contributed by atoms with Gasteiger partial charge < -0.3 is 9.47 Å². The third-order valence-corrected chi connectivity index (χ3v) is 6.61. The molecule has 0 aliphatic heterocycles. The van der Waals surface area contributed by atoms with Crippen LogP contribution < -0.4 is 9.47 Å². The topological polar surface area (TPSA) is 18.5 Å². The average Bonchev–Trinajstić information content (AvgIpc) is 3.05. The van der Waals surface area contributed by atoms with Crippen molar-refractivity contribution in [2.45, 2.75) is 70.6 Å². The van der Waals surface area contributed by atoms with E-state index in [4.69, 9.17) is 9.47 Å². The zero-order valence-electron chi connectivity index (χ0n) is 17.6. The van der Waals surface area contributed by atoms with Crippen molar-refractivity contribution in [3.8, 4) is 22.6 Å². The second-order valence-electron chi connectivity index (χ2n) is 8.50. The van der Waals surface area contributed by atoms with Gasteiger partial charge in [0.1, 0.15) is 0 Å². The highest BCUT2D eigenvalue weighted by Crippen LogP contribution is 2.51. The predicted octanol–water partition coefficient (Wildman–Crippen LogP) is 7.53. The van der Waals surface area contributed by atoms with E-state index in [0.29, 0.717) is 11.1 Å². The highest BCUT2D eigenvalue weighted by atomic mass is 19.1. The van der Waals surface area contributed by atoms with Crippen molar-refractivity contribution in [2.24, 2.45) is 5.92 Å². The Hall–Kier alpha value is -2.17. The van der Waals surface area contributed by atoms with Gasteiger partial charge in [-0.1, -0.05) is 44.7 Å². The summed E-state index contributed by atoms with van der Waals surface area (Å²) in [6, 6.07) is 6.20. The molecule has 0 spiro atoms. The van der Waals surface area contributed by atoms with Crippen LogP contribution >= 0.6 is 0 Å². The normalized spacial score (nSPS) is 22.5. The van der Waals surface area contributed by atoms with E-state index >= 15 is 8.78 Å². The number of hydrogen-bond donors (Lipinski definition) is 0. The molecule has 0 saturated heterocycles. The van der Waals surface area contributed by atoms with Crippen LogP contribution in [-0.4, -0.2) is 13.2 Å². The molecule has 30 heavy (non-hydrogen) atoms. The highest BCUT2D eigenvalue weighted by Gasteiger charge is 2.37. The minimum absolute atomic E-state index is 0.0446. The van der Waals surface area contributed by atoms with Crippen LogP contribution in [0, 0.1) is 17.6 Å². The van der Waals surface area contributed by atoms with Gasteiger partial charge in [-0.2, -0.15) is 0 Å². The van der Waals surface area contributed by atoms with Crippen LogP contribution in [0.25, 0.3) is 11.1 Å². The van der Waals surface area contributed by atoms with E-state index in [2.05, 4.69) is 6.92 Å². The molecule has 0 bridgehead atoms. The number of hydrogen-bond acceptors (Lipinski definition) is 2. The molecule has 2 aliphatic carbocycles. The number of halogens is 3. The number of fused-ring (bicyclic) bond motifs is 3. The fourth-order valence-corrected chi connectivity index (χ4v) is 4.91. The van der Waals surface area contributed by atoms with Gasteiger partial charge in [0.05, 0.1) is 13.2 Å². The second-order valence-corrected chi connectivity index (χ2v) is 8.50. The summed E-state index contributed by atoms with van der Waals surface area (Å²) in [6.45, 7) is 2.21. The molecule has 2 aromatic carbocycles. The van der Waals surface area contributed by atoms with E-state index in [-0.39, 0.29) is 28.7 Å². The van der Waals surface area contributed by atoms with Crippen molar-refractivity contribution >= 4 is 0 Å². The Bertz CT molecular complexity index is 904. The molecule has 4 rings (SSSR count). The summed E-state index contributed by atoms with van der Waals surface area (Å²) in [5.41, 5.74) is 0.452. The summed E-state index contributed by atoms with van der Waals surface area (Å²) in [6.07, 6.45) is 7.04. The molecule has 0 radical (unpaired) electrons. The zero-order chi connectivity index (χ0) is 21.3. The smallest absolute Gasteiger partial charge is 0.172 e. The number of unbranched alkanes of at least 4 members (excludes halogenated alkanes) is 2. The van der Waals surface area contributed by atoms with Gasteiger partial charge in [-0.3, -0.25) is 0 Å². The van der Waals surface area contributed by atoms with Gasteiger partial charge >= 0.3 is 0 Å². The third kappa shape index (κ3) is 3.79. The summed E-state index contributed by atoms with van der Waals surface area (Å²) < 4.78 is 55.9. The van der Waals surface area contributed by atoms with Crippen molar-refractivity contribution < 1.29 is 22.6 Å². The Morgan fingerprint density at radius 3 is 2.07 bits per heavy atom. The Morgan fingerprint density at radius 2 is 1.47 bits per heavy atom. The van der Waals surface area contributed by atoms with Gasteiger partial charge in [-0.25, -0.2) is 13.2 Å². The van der Waals surface area contributed by atoms with E-state index in [1.54, 1.807) is 18.2 Å². The molecule has 1 saturated carbocycles. The molecule has 2 nitrogen and oxygen atoms in total. The minimum Gasteiger partial charge on any atom is -0.494 e. The van der Waals surface area contributed by atoms with Gasteiger partial charge in [-0.05, 0) is 54.9 Å². The molecule has 1 fully saturated rings. The fourth-order valence-electron chi connectivity index (χ4n) is 4.91. The van der Waals surface area contributed by atoms with Gasteiger partial charge in [0.15, 0.2) is 29.3 Å². The molecule has 2 aliphatic rings. The molecule has 0 N–H and O–H groups in total. The number of rotatable bonds is 7. The van der Waals surface area contributed by atoms with Crippen LogP contribution in [0.3, 0.4) is 0 Å². The molecule has 5 heteroatoms. The van der Waals surface area contributed by atoms with Gasteiger partial charge in [0, 0.05) is 11.1 Å². The number of benzene rings is 2. The van der Waals surface area contributed by atoms with Crippen LogP contribution in [-0.2, 0) is 0 Å². The Labute approximate surface area is 176 Å². The quantitative estimate of drug-likeness (QED) is 0.433. The first-order chi connectivity index (χ1) is 14.5. The van der Waals surface area contributed by atoms with Crippen LogP contribution in [0.2, 0.25) is 0 Å². The summed E-state index contributed by atoms with van der Waals surface area (Å²) in [7, 11) is 1.32. The molecule has 162 valence electrons. The maximum atomic E-state index is 15.2. The fraction of sp³-hybridized carbons (Fsp3) is 0.520. The number of alkyl halides is 1. The molecule has 0 aromatic heterocycles. The molecule has 0 amide bonds. The van der Waals surface area contributed by atoms with Crippen molar-refractivity contribution in [1.82, 2.24) is 0 Å². The summed E-state index contributed by atoms with van der Waals surface area (Å²) in [4.78, 5) is 0. The summed E-state index contributed by atoms with van der Waals surface area (Å²) in [5, 5.41) is 0. The SMILES string of the molecule is CCCCCC1CCC(Oc2ccc3c(c2F)C(F)c2c-3ccc(OC)c2F)CC1. The first kappa shape index (κ1) is 21.1. The number of ether oxygens (including phenoxy) is 2. The lowest BCUT2D eigenvalue weighted by molar-refractivity contribution is 0.122.